The van der Waals surface area contributed by atoms with E-state index in [1.54, 1.807) is 11.0 Å². The standard InChI is InChI=1S/C23H23ClF3N3O2S/c1-15-18(24)7-8-19-20(15)28-22(33-19)30(10-2-9-29-11-13-32-14-12-29)21(31)16-3-5-17(6-4-16)23(25,26)27/h3-8H,2,9-14H2,1H3. The van der Waals surface area contributed by atoms with Crippen LogP contribution in [0.15, 0.2) is 36.4 Å². The Kier molecular flexibility index (Phi) is 7.23. The molecule has 2 aromatic carbocycles. The fourth-order valence-corrected chi connectivity index (χ4v) is 4.93. The highest BCUT2D eigenvalue weighted by atomic mass is 35.5. The highest BCUT2D eigenvalue weighted by Crippen LogP contribution is 2.35. The molecule has 0 bridgehead atoms. The summed E-state index contributed by atoms with van der Waals surface area (Å²) in [7, 11) is 0. The quantitative estimate of drug-likeness (QED) is 0.442. The molecule has 0 aliphatic carbocycles. The molecule has 1 saturated heterocycles. The normalized spacial score (nSPS) is 15.2. The number of alkyl halides is 3. The predicted octanol–water partition coefficient (Wildman–Crippen LogP) is 5.65. The third-order valence-electron chi connectivity index (χ3n) is 5.63. The summed E-state index contributed by atoms with van der Waals surface area (Å²) in [6, 6.07) is 7.95. The number of morpholine rings is 1. The summed E-state index contributed by atoms with van der Waals surface area (Å²) >= 11 is 7.60. The van der Waals surface area contributed by atoms with E-state index in [2.05, 4.69) is 9.88 Å². The lowest BCUT2D eigenvalue weighted by Gasteiger charge is -2.27. The van der Waals surface area contributed by atoms with Gasteiger partial charge in [-0.25, -0.2) is 4.98 Å². The lowest BCUT2D eigenvalue weighted by Crippen LogP contribution is -2.39. The van der Waals surface area contributed by atoms with Gasteiger partial charge in [-0.05, 0) is 55.3 Å². The number of fused-ring (bicyclic) bond motifs is 1. The van der Waals surface area contributed by atoms with E-state index < -0.39 is 11.7 Å². The molecule has 1 amide bonds. The first kappa shape index (κ1) is 23.9. The number of hydrogen-bond donors (Lipinski definition) is 0. The van der Waals surface area contributed by atoms with E-state index in [1.807, 2.05) is 13.0 Å². The molecule has 1 aromatic heterocycles. The van der Waals surface area contributed by atoms with E-state index in [1.165, 1.54) is 23.5 Å². The second-order valence-corrected chi connectivity index (χ2v) is 9.27. The maximum absolute atomic E-state index is 13.4. The van der Waals surface area contributed by atoms with Gasteiger partial charge in [0.25, 0.3) is 5.91 Å². The number of amides is 1. The SMILES string of the molecule is Cc1c(Cl)ccc2sc(N(CCCN3CCOCC3)C(=O)c3ccc(C(F)(F)F)cc3)nc12. The van der Waals surface area contributed by atoms with E-state index in [9.17, 15) is 18.0 Å². The Morgan fingerprint density at radius 2 is 1.88 bits per heavy atom. The molecular weight excluding hydrogens is 475 g/mol. The van der Waals surface area contributed by atoms with Crippen LogP contribution in [0.25, 0.3) is 10.2 Å². The molecular formula is C23H23ClF3N3O2S. The predicted molar refractivity (Wildman–Crippen MR) is 124 cm³/mol. The van der Waals surface area contributed by atoms with Crippen molar-refractivity contribution in [3.05, 3.63) is 58.1 Å². The van der Waals surface area contributed by atoms with Gasteiger partial charge in [-0.15, -0.1) is 0 Å². The van der Waals surface area contributed by atoms with Crippen LogP contribution in [0.1, 0.15) is 27.9 Å². The highest BCUT2D eigenvalue weighted by molar-refractivity contribution is 7.22. The number of carbonyl (C=O) groups excluding carboxylic acids is 1. The molecule has 2 heterocycles. The van der Waals surface area contributed by atoms with Crippen LogP contribution in [0, 0.1) is 6.92 Å². The van der Waals surface area contributed by atoms with Crippen molar-refractivity contribution in [1.82, 2.24) is 9.88 Å². The molecule has 1 aliphatic heterocycles. The average Bonchev–Trinajstić information content (AvgIpc) is 3.24. The zero-order valence-corrected chi connectivity index (χ0v) is 19.6. The van der Waals surface area contributed by atoms with Crippen molar-refractivity contribution in [3.8, 4) is 0 Å². The van der Waals surface area contributed by atoms with Gasteiger partial charge in [-0.1, -0.05) is 22.9 Å². The maximum atomic E-state index is 13.4. The molecule has 1 fully saturated rings. The van der Waals surface area contributed by atoms with Crippen molar-refractivity contribution in [3.63, 3.8) is 0 Å². The number of thiazole rings is 1. The number of benzene rings is 2. The van der Waals surface area contributed by atoms with Crippen LogP contribution in [0.5, 0.6) is 0 Å². The van der Waals surface area contributed by atoms with Crippen LogP contribution in [0.3, 0.4) is 0 Å². The molecule has 0 spiro atoms. The summed E-state index contributed by atoms with van der Waals surface area (Å²) in [5, 5.41) is 1.09. The Morgan fingerprint density at radius 3 is 2.55 bits per heavy atom. The Labute approximate surface area is 198 Å². The highest BCUT2D eigenvalue weighted by Gasteiger charge is 2.31. The molecule has 0 N–H and O–H groups in total. The fraction of sp³-hybridized carbons (Fsp3) is 0.391. The summed E-state index contributed by atoms with van der Waals surface area (Å²) in [5.41, 5.74) is 0.944. The van der Waals surface area contributed by atoms with Gasteiger partial charge in [0.05, 0.1) is 29.0 Å². The van der Waals surface area contributed by atoms with Gasteiger partial charge in [0.1, 0.15) is 0 Å². The summed E-state index contributed by atoms with van der Waals surface area (Å²) < 4.78 is 45.1. The van der Waals surface area contributed by atoms with Gasteiger partial charge >= 0.3 is 6.18 Å². The molecule has 176 valence electrons. The molecule has 4 rings (SSSR count). The van der Waals surface area contributed by atoms with Crippen LogP contribution in [-0.4, -0.2) is 55.2 Å². The molecule has 0 atom stereocenters. The van der Waals surface area contributed by atoms with Crippen LogP contribution >= 0.6 is 22.9 Å². The topological polar surface area (TPSA) is 45.7 Å². The Morgan fingerprint density at radius 1 is 1.18 bits per heavy atom. The van der Waals surface area contributed by atoms with E-state index in [0.717, 1.165) is 47.5 Å². The van der Waals surface area contributed by atoms with Gasteiger partial charge in [0, 0.05) is 36.8 Å². The van der Waals surface area contributed by atoms with E-state index in [4.69, 9.17) is 16.3 Å². The molecule has 5 nitrogen and oxygen atoms in total. The number of rotatable bonds is 6. The number of carbonyl (C=O) groups is 1. The first-order chi connectivity index (χ1) is 15.7. The van der Waals surface area contributed by atoms with E-state index in [0.29, 0.717) is 36.3 Å². The summed E-state index contributed by atoms with van der Waals surface area (Å²) in [6.07, 6.45) is -3.76. The molecule has 10 heteroatoms. The van der Waals surface area contributed by atoms with Gasteiger partial charge in [-0.2, -0.15) is 13.2 Å². The number of aryl methyl sites for hydroxylation is 1. The van der Waals surface area contributed by atoms with Crippen molar-refractivity contribution in [1.29, 1.82) is 0 Å². The van der Waals surface area contributed by atoms with Gasteiger partial charge in [-0.3, -0.25) is 14.6 Å². The maximum Gasteiger partial charge on any atom is 0.416 e. The van der Waals surface area contributed by atoms with Crippen LogP contribution in [0.2, 0.25) is 5.02 Å². The smallest absolute Gasteiger partial charge is 0.379 e. The van der Waals surface area contributed by atoms with Gasteiger partial charge < -0.3 is 4.74 Å². The largest absolute Gasteiger partial charge is 0.416 e. The fourth-order valence-electron chi connectivity index (χ4n) is 3.72. The Bertz CT molecular complexity index is 1130. The van der Waals surface area contributed by atoms with Gasteiger partial charge in [0.15, 0.2) is 5.13 Å². The average molecular weight is 498 g/mol. The minimum atomic E-state index is -4.46. The lowest BCUT2D eigenvalue weighted by molar-refractivity contribution is -0.137. The number of nitrogens with zero attached hydrogens (tertiary/aromatic N) is 3. The first-order valence-electron chi connectivity index (χ1n) is 10.6. The van der Waals surface area contributed by atoms with Crippen molar-refractivity contribution < 1.29 is 22.7 Å². The number of ether oxygens (including phenoxy) is 1. The summed E-state index contributed by atoms with van der Waals surface area (Å²) in [5.74, 6) is -0.381. The molecule has 1 aliphatic rings. The van der Waals surface area contributed by atoms with Crippen molar-refractivity contribution in [2.75, 3.05) is 44.3 Å². The Hall–Kier alpha value is -2.20. The number of hydrogen-bond acceptors (Lipinski definition) is 5. The van der Waals surface area contributed by atoms with Crippen molar-refractivity contribution in [2.24, 2.45) is 0 Å². The van der Waals surface area contributed by atoms with E-state index >= 15 is 0 Å². The number of anilines is 1. The molecule has 33 heavy (non-hydrogen) atoms. The number of aromatic nitrogens is 1. The minimum absolute atomic E-state index is 0.184. The minimum Gasteiger partial charge on any atom is -0.379 e. The zero-order chi connectivity index (χ0) is 23.6. The van der Waals surface area contributed by atoms with Crippen LogP contribution in [0.4, 0.5) is 18.3 Å². The third kappa shape index (κ3) is 5.48. The Balaban J connectivity index is 1.60. The summed E-state index contributed by atoms with van der Waals surface area (Å²) in [4.78, 5) is 21.9. The lowest BCUT2D eigenvalue weighted by atomic mass is 10.1. The van der Waals surface area contributed by atoms with Crippen LogP contribution < -0.4 is 4.90 Å². The third-order valence-corrected chi connectivity index (χ3v) is 7.08. The summed E-state index contributed by atoms with van der Waals surface area (Å²) in [6.45, 7) is 6.10. The molecule has 0 unspecified atom stereocenters. The van der Waals surface area contributed by atoms with Crippen molar-refractivity contribution in [2.45, 2.75) is 19.5 Å². The molecule has 0 radical (unpaired) electrons. The second-order valence-electron chi connectivity index (χ2n) is 7.86. The molecule has 3 aromatic rings. The molecule has 0 saturated carbocycles. The van der Waals surface area contributed by atoms with Crippen LogP contribution in [-0.2, 0) is 10.9 Å². The second kappa shape index (κ2) is 9.97. The van der Waals surface area contributed by atoms with E-state index in [-0.39, 0.29) is 11.5 Å². The number of halogens is 4. The monoisotopic (exact) mass is 497 g/mol. The zero-order valence-electron chi connectivity index (χ0n) is 18.0. The first-order valence-corrected chi connectivity index (χ1v) is 11.8. The van der Waals surface area contributed by atoms with Gasteiger partial charge in [0.2, 0.25) is 0 Å². The van der Waals surface area contributed by atoms with Crippen molar-refractivity contribution >= 4 is 44.2 Å².